The Bertz CT molecular complexity index is 917. The van der Waals surface area contributed by atoms with Crippen molar-refractivity contribution in [1.82, 2.24) is 0 Å². The molecule has 5 nitrogen and oxygen atoms in total. The van der Waals surface area contributed by atoms with Crippen LogP contribution in [0, 0.1) is 0 Å². The third-order valence-electron chi connectivity index (χ3n) is 3.47. The van der Waals surface area contributed by atoms with Gasteiger partial charge >= 0.3 is 6.18 Å². The Morgan fingerprint density at radius 3 is 2.64 bits per heavy atom. The molecular formula is C17H14F3NO4. The number of para-hydroxylation sites is 1. The molecule has 25 heavy (non-hydrogen) atoms. The van der Waals surface area contributed by atoms with Crippen LogP contribution >= 0.6 is 0 Å². The van der Waals surface area contributed by atoms with Crippen LogP contribution in [0.15, 0.2) is 40.8 Å². The minimum atomic E-state index is -4.48. The van der Waals surface area contributed by atoms with Crippen LogP contribution in [0.1, 0.15) is 0 Å². The zero-order valence-corrected chi connectivity index (χ0v) is 13.1. The highest BCUT2D eigenvalue weighted by atomic mass is 19.4. The van der Waals surface area contributed by atoms with Crippen molar-refractivity contribution in [2.24, 2.45) is 0 Å². The van der Waals surface area contributed by atoms with Crippen molar-refractivity contribution < 1.29 is 31.9 Å². The van der Waals surface area contributed by atoms with Gasteiger partial charge in [0.05, 0.1) is 12.8 Å². The van der Waals surface area contributed by atoms with Crippen LogP contribution in [-0.2, 0) is 9.53 Å². The molecule has 0 spiro atoms. The Labute approximate surface area is 140 Å². The number of hydrogen-bond donors (Lipinski definition) is 1. The number of benzene rings is 2. The molecule has 3 rings (SSSR count). The van der Waals surface area contributed by atoms with E-state index in [1.165, 1.54) is 7.11 Å². The highest BCUT2D eigenvalue weighted by molar-refractivity contribution is 6.07. The van der Waals surface area contributed by atoms with Gasteiger partial charge in [-0.05, 0) is 12.1 Å². The molecule has 0 fully saturated rings. The van der Waals surface area contributed by atoms with Gasteiger partial charge in [-0.15, -0.1) is 0 Å². The number of fused-ring (bicyclic) bond motifs is 3. The van der Waals surface area contributed by atoms with Crippen LogP contribution < -0.4 is 10.1 Å². The zero-order valence-electron chi connectivity index (χ0n) is 13.1. The number of amides is 1. The summed E-state index contributed by atoms with van der Waals surface area (Å²) >= 11 is 0. The molecule has 3 aromatic rings. The predicted molar refractivity (Wildman–Crippen MR) is 85.8 cm³/mol. The van der Waals surface area contributed by atoms with E-state index in [1.807, 2.05) is 24.3 Å². The van der Waals surface area contributed by atoms with Crippen LogP contribution in [0.2, 0.25) is 0 Å². The molecule has 1 amide bonds. The minimum absolute atomic E-state index is 0.287. The fourth-order valence-electron chi connectivity index (χ4n) is 2.46. The number of methoxy groups -OCH3 is 1. The third kappa shape index (κ3) is 3.85. The lowest BCUT2D eigenvalue weighted by molar-refractivity contribution is -0.174. The Morgan fingerprint density at radius 2 is 1.92 bits per heavy atom. The molecule has 0 aliphatic carbocycles. The van der Waals surface area contributed by atoms with Gasteiger partial charge < -0.3 is 19.2 Å². The highest BCUT2D eigenvalue weighted by Crippen LogP contribution is 2.36. The van der Waals surface area contributed by atoms with E-state index in [2.05, 4.69) is 10.1 Å². The van der Waals surface area contributed by atoms with Crippen LogP contribution in [0.25, 0.3) is 21.9 Å². The number of anilines is 1. The zero-order chi connectivity index (χ0) is 18.0. The van der Waals surface area contributed by atoms with Gasteiger partial charge in [-0.25, -0.2) is 0 Å². The number of halogens is 3. The first-order chi connectivity index (χ1) is 11.9. The number of carbonyl (C=O) groups is 1. The average molecular weight is 353 g/mol. The van der Waals surface area contributed by atoms with Crippen LogP contribution in [0.4, 0.5) is 18.9 Å². The number of nitrogens with one attached hydrogen (secondary N) is 1. The van der Waals surface area contributed by atoms with Gasteiger partial charge in [-0.2, -0.15) is 13.2 Å². The fraction of sp³-hybridized carbons (Fsp3) is 0.235. The van der Waals surface area contributed by atoms with Crippen molar-refractivity contribution in [1.29, 1.82) is 0 Å². The quantitative estimate of drug-likeness (QED) is 0.750. The van der Waals surface area contributed by atoms with E-state index in [9.17, 15) is 18.0 Å². The molecular weight excluding hydrogens is 339 g/mol. The van der Waals surface area contributed by atoms with Crippen molar-refractivity contribution in [3.05, 3.63) is 36.4 Å². The van der Waals surface area contributed by atoms with Crippen molar-refractivity contribution in [2.75, 3.05) is 25.6 Å². The summed E-state index contributed by atoms with van der Waals surface area (Å²) in [5.41, 5.74) is 1.49. The smallest absolute Gasteiger partial charge is 0.411 e. The molecule has 8 heteroatoms. The molecule has 1 N–H and O–H groups in total. The van der Waals surface area contributed by atoms with Gasteiger partial charge in [0.2, 0.25) is 5.91 Å². The van der Waals surface area contributed by atoms with Gasteiger partial charge in [0.15, 0.2) is 0 Å². The number of alkyl halides is 3. The Morgan fingerprint density at radius 1 is 1.16 bits per heavy atom. The van der Waals surface area contributed by atoms with E-state index in [1.54, 1.807) is 12.1 Å². The second kappa shape index (κ2) is 6.64. The van der Waals surface area contributed by atoms with E-state index in [-0.39, 0.29) is 5.69 Å². The van der Waals surface area contributed by atoms with Gasteiger partial charge in [-0.3, -0.25) is 4.79 Å². The summed E-state index contributed by atoms with van der Waals surface area (Å²) in [4.78, 5) is 11.8. The van der Waals surface area contributed by atoms with E-state index in [0.29, 0.717) is 16.9 Å². The second-order valence-electron chi connectivity index (χ2n) is 5.30. The van der Waals surface area contributed by atoms with Crippen LogP contribution in [0.3, 0.4) is 0 Å². The van der Waals surface area contributed by atoms with E-state index in [4.69, 9.17) is 9.15 Å². The normalized spacial score (nSPS) is 11.8. The lowest BCUT2D eigenvalue weighted by Crippen LogP contribution is -2.24. The first kappa shape index (κ1) is 17.1. The van der Waals surface area contributed by atoms with E-state index in [0.717, 1.165) is 10.8 Å². The molecule has 0 aliphatic heterocycles. The van der Waals surface area contributed by atoms with Crippen molar-refractivity contribution in [3.63, 3.8) is 0 Å². The first-order valence-corrected chi connectivity index (χ1v) is 7.31. The number of hydrogen-bond acceptors (Lipinski definition) is 4. The lowest BCUT2D eigenvalue weighted by atomic mass is 10.1. The average Bonchev–Trinajstić information content (AvgIpc) is 2.90. The van der Waals surface area contributed by atoms with Gasteiger partial charge in [0, 0.05) is 16.8 Å². The largest absolute Gasteiger partial charge is 0.495 e. The van der Waals surface area contributed by atoms with Crippen LogP contribution in [0.5, 0.6) is 5.75 Å². The Kier molecular flexibility index (Phi) is 4.54. The van der Waals surface area contributed by atoms with E-state index >= 15 is 0 Å². The Hall–Kier alpha value is -2.74. The molecule has 0 aliphatic rings. The molecule has 0 unspecified atom stereocenters. The number of rotatable bonds is 5. The van der Waals surface area contributed by atoms with Crippen molar-refractivity contribution >= 4 is 33.5 Å². The van der Waals surface area contributed by atoms with Crippen molar-refractivity contribution in [2.45, 2.75) is 6.18 Å². The number of furan rings is 1. The molecule has 1 aromatic heterocycles. The van der Waals surface area contributed by atoms with Crippen LogP contribution in [-0.4, -0.2) is 32.4 Å². The molecule has 0 bridgehead atoms. The molecule has 0 radical (unpaired) electrons. The van der Waals surface area contributed by atoms with Gasteiger partial charge in [0.25, 0.3) is 0 Å². The summed E-state index contributed by atoms with van der Waals surface area (Å²) in [6, 6.07) is 10.7. The monoisotopic (exact) mass is 353 g/mol. The lowest BCUT2D eigenvalue weighted by Gasteiger charge is -2.11. The minimum Gasteiger partial charge on any atom is -0.495 e. The number of carbonyl (C=O) groups excluding carboxylic acids is 1. The maximum atomic E-state index is 12.0. The summed E-state index contributed by atoms with van der Waals surface area (Å²) in [5.74, 6) is -0.360. The SMILES string of the molecule is COc1cc2c(cc1NC(=O)COCC(F)(F)F)oc1ccccc12. The summed E-state index contributed by atoms with van der Waals surface area (Å²) in [5, 5.41) is 4.16. The maximum absolute atomic E-state index is 12.0. The highest BCUT2D eigenvalue weighted by Gasteiger charge is 2.27. The molecule has 0 saturated heterocycles. The fourth-order valence-corrected chi connectivity index (χ4v) is 2.46. The van der Waals surface area contributed by atoms with E-state index < -0.39 is 25.3 Å². The standard InChI is InChI=1S/C17H14F3NO4/c1-23-15-6-11-10-4-2-3-5-13(10)25-14(11)7-12(15)21-16(22)8-24-9-17(18,19)20/h2-7H,8-9H2,1H3,(H,21,22). The Balaban J connectivity index is 1.83. The summed E-state index contributed by atoms with van der Waals surface area (Å²) in [6.07, 6.45) is -4.48. The molecule has 1 heterocycles. The second-order valence-corrected chi connectivity index (χ2v) is 5.30. The molecule has 132 valence electrons. The summed E-state index contributed by atoms with van der Waals surface area (Å²) in [7, 11) is 1.43. The summed E-state index contributed by atoms with van der Waals surface area (Å²) < 4.78 is 51.4. The topological polar surface area (TPSA) is 60.7 Å². The molecule has 0 atom stereocenters. The summed E-state index contributed by atoms with van der Waals surface area (Å²) in [6.45, 7) is -2.21. The van der Waals surface area contributed by atoms with Gasteiger partial charge in [-0.1, -0.05) is 18.2 Å². The van der Waals surface area contributed by atoms with Crippen molar-refractivity contribution in [3.8, 4) is 5.75 Å². The maximum Gasteiger partial charge on any atom is 0.411 e. The predicted octanol–water partition coefficient (Wildman–Crippen LogP) is 4.11. The first-order valence-electron chi connectivity index (χ1n) is 7.31. The molecule has 0 saturated carbocycles. The molecule has 2 aromatic carbocycles. The number of ether oxygens (including phenoxy) is 2. The van der Waals surface area contributed by atoms with Gasteiger partial charge in [0.1, 0.15) is 30.1 Å². The third-order valence-corrected chi connectivity index (χ3v) is 3.47.